The lowest BCUT2D eigenvalue weighted by atomic mass is 10.3. The van der Waals surface area contributed by atoms with Crippen LogP contribution in [0.1, 0.15) is 5.82 Å². The molecule has 5 heteroatoms. The maximum Gasteiger partial charge on any atom is 0.174 e. The molecule has 3 nitrogen and oxygen atoms in total. The van der Waals surface area contributed by atoms with Gasteiger partial charge >= 0.3 is 0 Å². The van der Waals surface area contributed by atoms with Crippen LogP contribution < -0.4 is 5.73 Å². The van der Waals surface area contributed by atoms with Gasteiger partial charge < -0.3 is 5.73 Å². The number of nitrogens with zero attached hydrogens (tertiary/aromatic N) is 2. The van der Waals surface area contributed by atoms with E-state index in [1.54, 1.807) is 11.8 Å². The van der Waals surface area contributed by atoms with Gasteiger partial charge in [0.05, 0.1) is 0 Å². The number of aromatic nitrogens is 2. The second-order valence-electron chi connectivity index (χ2n) is 2.78. The first-order valence-corrected chi connectivity index (χ1v) is 5.67. The molecule has 0 amide bonds. The molecule has 2 aromatic rings. The van der Waals surface area contributed by atoms with E-state index in [4.69, 9.17) is 5.73 Å². The maximum absolute atomic E-state index is 5.67. The third kappa shape index (κ3) is 2.24. The van der Waals surface area contributed by atoms with Gasteiger partial charge in [-0.3, -0.25) is 0 Å². The molecule has 0 fully saturated rings. The van der Waals surface area contributed by atoms with Crippen LogP contribution in [0.25, 0.3) is 0 Å². The van der Waals surface area contributed by atoms with Crippen molar-refractivity contribution in [2.24, 2.45) is 0 Å². The van der Waals surface area contributed by atoms with Gasteiger partial charge in [0, 0.05) is 10.6 Å². The molecule has 72 valence electrons. The summed E-state index contributed by atoms with van der Waals surface area (Å²) >= 11 is 3.00. The number of nitrogen functional groups attached to an aromatic ring is 1. The Morgan fingerprint density at radius 2 is 2.29 bits per heavy atom. The molecule has 0 spiro atoms. The molecule has 1 heterocycles. The molecule has 0 bridgehead atoms. The zero-order chi connectivity index (χ0) is 9.97. The summed E-state index contributed by atoms with van der Waals surface area (Å²) in [5.41, 5.74) is 6.45. The molecule has 2 N–H and O–H groups in total. The first-order valence-electron chi connectivity index (χ1n) is 4.08. The lowest BCUT2D eigenvalue weighted by molar-refractivity contribution is 1.10. The van der Waals surface area contributed by atoms with E-state index in [2.05, 4.69) is 9.36 Å². The van der Waals surface area contributed by atoms with E-state index < -0.39 is 0 Å². The highest BCUT2D eigenvalue weighted by atomic mass is 32.2. The van der Waals surface area contributed by atoms with Gasteiger partial charge in [0.2, 0.25) is 0 Å². The average molecular weight is 223 g/mol. The Labute approximate surface area is 90.5 Å². The Hall–Kier alpha value is -1.07. The highest BCUT2D eigenvalue weighted by molar-refractivity contribution is 8.01. The summed E-state index contributed by atoms with van der Waals surface area (Å²) in [5, 5.41) is 0. The summed E-state index contributed by atoms with van der Waals surface area (Å²) in [6.07, 6.45) is 0. The van der Waals surface area contributed by atoms with Crippen LogP contribution in [-0.4, -0.2) is 9.36 Å². The number of nitrogens with two attached hydrogens (primary N) is 1. The maximum atomic E-state index is 5.67. The zero-order valence-corrected chi connectivity index (χ0v) is 9.23. The summed E-state index contributed by atoms with van der Waals surface area (Å²) in [7, 11) is 0. The van der Waals surface area contributed by atoms with Gasteiger partial charge in [0.1, 0.15) is 5.82 Å². The highest BCUT2D eigenvalue weighted by Gasteiger charge is 2.02. The lowest BCUT2D eigenvalue weighted by Crippen LogP contribution is -1.83. The minimum absolute atomic E-state index is 0.774. The average Bonchev–Trinajstić information content (AvgIpc) is 2.51. The zero-order valence-electron chi connectivity index (χ0n) is 7.60. The van der Waals surface area contributed by atoms with Crippen LogP contribution >= 0.6 is 23.3 Å². The third-order valence-electron chi connectivity index (χ3n) is 1.57. The van der Waals surface area contributed by atoms with Crippen LogP contribution in [0.2, 0.25) is 0 Å². The van der Waals surface area contributed by atoms with Gasteiger partial charge in [-0.2, -0.15) is 4.37 Å². The molecular formula is C9H9N3S2. The van der Waals surface area contributed by atoms with Crippen molar-refractivity contribution in [3.05, 3.63) is 30.1 Å². The predicted molar refractivity (Wildman–Crippen MR) is 59.6 cm³/mol. The topological polar surface area (TPSA) is 51.8 Å². The molecule has 14 heavy (non-hydrogen) atoms. The first kappa shape index (κ1) is 9.48. The van der Waals surface area contributed by atoms with Crippen molar-refractivity contribution in [2.75, 3.05) is 5.73 Å². The van der Waals surface area contributed by atoms with Gasteiger partial charge in [-0.15, -0.1) is 0 Å². The monoisotopic (exact) mass is 223 g/mol. The number of rotatable bonds is 2. The van der Waals surface area contributed by atoms with E-state index in [-0.39, 0.29) is 0 Å². The summed E-state index contributed by atoms with van der Waals surface area (Å²) in [6.45, 7) is 1.89. The van der Waals surface area contributed by atoms with Crippen LogP contribution in [0.15, 0.2) is 33.5 Å². The lowest BCUT2D eigenvalue weighted by Gasteiger charge is -1.97. The summed E-state index contributed by atoms with van der Waals surface area (Å²) in [6, 6.07) is 7.75. The molecule has 2 rings (SSSR count). The summed E-state index contributed by atoms with van der Waals surface area (Å²) in [5.74, 6) is 0.821. The van der Waals surface area contributed by atoms with Crippen molar-refractivity contribution in [1.82, 2.24) is 9.36 Å². The normalized spacial score (nSPS) is 10.4. The number of hydrogen-bond donors (Lipinski definition) is 1. The second-order valence-corrected chi connectivity index (χ2v) is 4.85. The van der Waals surface area contributed by atoms with Crippen molar-refractivity contribution in [3.63, 3.8) is 0 Å². The number of hydrogen-bond acceptors (Lipinski definition) is 5. The molecule has 1 aromatic carbocycles. The Kier molecular flexibility index (Phi) is 2.69. The number of benzene rings is 1. The molecule has 0 saturated heterocycles. The van der Waals surface area contributed by atoms with E-state index in [1.165, 1.54) is 11.5 Å². The van der Waals surface area contributed by atoms with Crippen LogP contribution in [0.4, 0.5) is 5.69 Å². The Bertz CT molecular complexity index is 439. The second kappa shape index (κ2) is 3.98. The quantitative estimate of drug-likeness (QED) is 0.795. The van der Waals surface area contributed by atoms with Gasteiger partial charge in [-0.1, -0.05) is 17.8 Å². The van der Waals surface area contributed by atoms with Gasteiger partial charge in [-0.05, 0) is 36.7 Å². The smallest absolute Gasteiger partial charge is 0.174 e. The minimum atomic E-state index is 0.774. The van der Waals surface area contributed by atoms with Gasteiger partial charge in [0.25, 0.3) is 0 Å². The summed E-state index contributed by atoms with van der Waals surface area (Å²) in [4.78, 5) is 5.36. The fraction of sp³-hybridized carbons (Fsp3) is 0.111. The van der Waals surface area contributed by atoms with E-state index in [0.717, 1.165) is 20.7 Å². The van der Waals surface area contributed by atoms with Crippen LogP contribution in [-0.2, 0) is 0 Å². The van der Waals surface area contributed by atoms with Crippen LogP contribution in [0.3, 0.4) is 0 Å². The predicted octanol–water partition coefficient (Wildman–Crippen LogP) is 2.58. The number of anilines is 1. The van der Waals surface area contributed by atoms with Crippen molar-refractivity contribution < 1.29 is 0 Å². The molecular weight excluding hydrogens is 214 g/mol. The Morgan fingerprint density at radius 1 is 1.43 bits per heavy atom. The molecule has 1 aromatic heterocycles. The molecule has 0 atom stereocenters. The molecule has 0 saturated carbocycles. The van der Waals surface area contributed by atoms with Gasteiger partial charge in [-0.25, -0.2) is 4.98 Å². The largest absolute Gasteiger partial charge is 0.399 e. The SMILES string of the molecule is Cc1nsc(Sc2cccc(N)c2)n1. The van der Waals surface area contributed by atoms with E-state index in [1.807, 2.05) is 31.2 Å². The molecule has 0 aliphatic carbocycles. The minimum Gasteiger partial charge on any atom is -0.399 e. The van der Waals surface area contributed by atoms with E-state index >= 15 is 0 Å². The van der Waals surface area contributed by atoms with Crippen molar-refractivity contribution in [2.45, 2.75) is 16.2 Å². The van der Waals surface area contributed by atoms with Crippen LogP contribution in [0.5, 0.6) is 0 Å². The molecule has 0 aliphatic heterocycles. The highest BCUT2D eigenvalue weighted by Crippen LogP contribution is 2.29. The van der Waals surface area contributed by atoms with Crippen molar-refractivity contribution in [3.8, 4) is 0 Å². The fourth-order valence-corrected chi connectivity index (χ4v) is 2.69. The van der Waals surface area contributed by atoms with Gasteiger partial charge in [0.15, 0.2) is 4.34 Å². The molecule has 0 aliphatic rings. The summed E-state index contributed by atoms with van der Waals surface area (Å²) < 4.78 is 5.07. The Morgan fingerprint density at radius 3 is 2.93 bits per heavy atom. The van der Waals surface area contributed by atoms with E-state index in [9.17, 15) is 0 Å². The van der Waals surface area contributed by atoms with Crippen LogP contribution in [0, 0.1) is 6.92 Å². The van der Waals surface area contributed by atoms with E-state index in [0.29, 0.717) is 0 Å². The van der Waals surface area contributed by atoms with Crippen molar-refractivity contribution >= 4 is 29.0 Å². The molecule has 0 unspecified atom stereocenters. The molecule has 0 radical (unpaired) electrons. The first-order chi connectivity index (χ1) is 6.74. The standard InChI is InChI=1S/C9H9N3S2/c1-6-11-9(14-12-6)13-8-4-2-3-7(10)5-8/h2-5H,10H2,1H3. The number of aryl methyl sites for hydroxylation is 1. The third-order valence-corrected chi connectivity index (χ3v) is 3.40. The van der Waals surface area contributed by atoms with Crippen molar-refractivity contribution in [1.29, 1.82) is 0 Å². The Balaban J connectivity index is 2.18. The fourth-order valence-electron chi connectivity index (χ4n) is 0.998.